The molecule has 2 aromatic rings. The average molecular weight is 232 g/mol. The van der Waals surface area contributed by atoms with E-state index in [9.17, 15) is 4.79 Å². The highest BCUT2D eigenvalue weighted by molar-refractivity contribution is 5.77. The summed E-state index contributed by atoms with van der Waals surface area (Å²) in [5, 5.41) is 12.3. The third-order valence-electron chi connectivity index (χ3n) is 3.11. The van der Waals surface area contributed by atoms with Crippen molar-refractivity contribution in [3.63, 3.8) is 0 Å². The van der Waals surface area contributed by atoms with Gasteiger partial charge in [0.25, 0.3) is 0 Å². The molecule has 5 heteroatoms. The molecule has 5 nitrogen and oxygen atoms in total. The Labute approximate surface area is 98.3 Å². The number of nitrogens with zero attached hydrogens (tertiary/aromatic N) is 2. The van der Waals surface area contributed by atoms with E-state index in [1.54, 1.807) is 0 Å². The first-order valence-electron chi connectivity index (χ1n) is 5.74. The molecule has 0 saturated carbocycles. The van der Waals surface area contributed by atoms with Crippen molar-refractivity contribution in [2.75, 3.05) is 11.9 Å². The van der Waals surface area contributed by atoms with Gasteiger partial charge in [0.2, 0.25) is 0 Å². The molecule has 1 aromatic carbocycles. The van der Waals surface area contributed by atoms with Gasteiger partial charge < -0.3 is 5.11 Å². The van der Waals surface area contributed by atoms with Crippen molar-refractivity contribution in [1.82, 2.24) is 4.57 Å². The molecule has 0 fully saturated rings. The van der Waals surface area contributed by atoms with Gasteiger partial charge in [0, 0.05) is 6.42 Å². The Balaban J connectivity index is 2.27. The Morgan fingerprint density at radius 1 is 1.47 bits per heavy atom. The van der Waals surface area contributed by atoms with E-state index in [1.165, 1.54) is 0 Å². The predicted molar refractivity (Wildman–Crippen MR) is 62.9 cm³/mol. The van der Waals surface area contributed by atoms with E-state index in [4.69, 9.17) is 5.11 Å². The lowest BCUT2D eigenvalue weighted by molar-refractivity contribution is -0.661. The normalized spacial score (nSPS) is 14.4. The van der Waals surface area contributed by atoms with Crippen LogP contribution in [0.1, 0.15) is 6.42 Å². The minimum atomic E-state index is -0.818. The molecule has 0 atom stereocenters. The zero-order chi connectivity index (χ0) is 11.8. The van der Waals surface area contributed by atoms with Gasteiger partial charge in [-0.15, -0.1) is 0 Å². The molecule has 0 unspecified atom stereocenters. The van der Waals surface area contributed by atoms with Gasteiger partial charge in [0.1, 0.15) is 11.0 Å². The second-order valence-electron chi connectivity index (χ2n) is 4.22. The van der Waals surface area contributed by atoms with Crippen molar-refractivity contribution < 1.29 is 14.5 Å². The number of fused-ring (bicyclic) bond motifs is 3. The molecular weight excluding hydrogens is 218 g/mol. The van der Waals surface area contributed by atoms with E-state index < -0.39 is 5.97 Å². The number of rotatable bonds is 2. The lowest BCUT2D eigenvalue weighted by Crippen LogP contribution is -2.42. The van der Waals surface area contributed by atoms with Gasteiger partial charge >= 0.3 is 11.9 Å². The summed E-state index contributed by atoms with van der Waals surface area (Å²) in [7, 11) is 0. The minimum Gasteiger partial charge on any atom is -0.479 e. The first-order valence-corrected chi connectivity index (χ1v) is 5.74. The minimum absolute atomic E-state index is 0.00412. The highest BCUT2D eigenvalue weighted by Crippen LogP contribution is 2.19. The molecule has 88 valence electrons. The van der Waals surface area contributed by atoms with Crippen LogP contribution in [-0.4, -0.2) is 22.2 Å². The molecule has 0 bridgehead atoms. The summed E-state index contributed by atoms with van der Waals surface area (Å²) in [6.07, 6.45) is 1.07. The topological polar surface area (TPSA) is 58.1 Å². The summed E-state index contributed by atoms with van der Waals surface area (Å²) in [6.45, 7) is 1.83. The van der Waals surface area contributed by atoms with Crippen LogP contribution in [0.4, 0.5) is 5.95 Å². The Bertz CT molecular complexity index is 589. The van der Waals surface area contributed by atoms with E-state index >= 15 is 0 Å². The molecule has 0 radical (unpaired) electrons. The highest BCUT2D eigenvalue weighted by Gasteiger charge is 2.26. The van der Waals surface area contributed by atoms with Gasteiger partial charge in [-0.25, -0.2) is 13.9 Å². The fourth-order valence-corrected chi connectivity index (χ4v) is 2.44. The molecule has 0 aliphatic carbocycles. The maximum Gasteiger partial charge on any atom is 0.358 e. The van der Waals surface area contributed by atoms with E-state index in [1.807, 2.05) is 28.8 Å². The molecule has 0 amide bonds. The number of carboxylic acids is 1. The van der Waals surface area contributed by atoms with Crippen LogP contribution in [0.25, 0.3) is 11.0 Å². The second kappa shape index (κ2) is 3.76. The zero-order valence-electron chi connectivity index (χ0n) is 9.39. The molecule has 1 aliphatic heterocycles. The SMILES string of the molecule is O=C(O)Cn1c2[n+](c3ccccc31)CCCN2. The van der Waals surface area contributed by atoms with Crippen LogP contribution in [0, 0.1) is 0 Å². The Hall–Kier alpha value is -2.04. The number of aryl methyl sites for hydroxylation is 1. The van der Waals surface area contributed by atoms with Gasteiger partial charge in [0.15, 0.2) is 6.54 Å². The number of carboxylic acid groups (broad SMARTS) is 1. The van der Waals surface area contributed by atoms with E-state index in [2.05, 4.69) is 9.88 Å². The van der Waals surface area contributed by atoms with Crippen LogP contribution in [0.5, 0.6) is 0 Å². The Kier molecular flexibility index (Phi) is 2.24. The van der Waals surface area contributed by atoms with Crippen molar-refractivity contribution in [2.45, 2.75) is 19.5 Å². The van der Waals surface area contributed by atoms with Gasteiger partial charge in [-0.3, -0.25) is 5.32 Å². The van der Waals surface area contributed by atoms with Crippen molar-refractivity contribution in [3.05, 3.63) is 24.3 Å². The monoisotopic (exact) mass is 232 g/mol. The van der Waals surface area contributed by atoms with E-state index in [0.29, 0.717) is 0 Å². The number of hydrogen-bond donors (Lipinski definition) is 2. The van der Waals surface area contributed by atoms with Gasteiger partial charge in [-0.1, -0.05) is 12.1 Å². The van der Waals surface area contributed by atoms with Crippen LogP contribution >= 0.6 is 0 Å². The second-order valence-corrected chi connectivity index (χ2v) is 4.22. The summed E-state index contributed by atoms with van der Waals surface area (Å²) < 4.78 is 3.98. The third kappa shape index (κ3) is 1.54. The first-order chi connectivity index (χ1) is 8.27. The summed E-state index contributed by atoms with van der Waals surface area (Å²) in [5.41, 5.74) is 2.07. The summed E-state index contributed by atoms with van der Waals surface area (Å²) in [5.74, 6) is 0.0846. The van der Waals surface area contributed by atoms with Crippen molar-refractivity contribution >= 4 is 23.0 Å². The fraction of sp³-hybridized carbons (Fsp3) is 0.333. The molecule has 2 heterocycles. The number of anilines is 1. The standard InChI is InChI=1S/C12H13N3O2/c16-11(17)8-15-10-5-2-1-4-9(10)14-7-3-6-13-12(14)15/h1-2,4-5H,3,6-8H2,(H,16,17)/p+1. The zero-order valence-corrected chi connectivity index (χ0v) is 9.39. The Morgan fingerprint density at radius 3 is 3.12 bits per heavy atom. The van der Waals surface area contributed by atoms with Crippen molar-refractivity contribution in [1.29, 1.82) is 0 Å². The van der Waals surface area contributed by atoms with Crippen LogP contribution in [-0.2, 0) is 17.9 Å². The number of aliphatic carboxylic acids is 1. The number of imidazole rings is 1. The number of benzene rings is 1. The molecule has 3 rings (SSSR count). The van der Waals surface area contributed by atoms with Crippen molar-refractivity contribution in [3.8, 4) is 0 Å². The van der Waals surface area contributed by atoms with Gasteiger partial charge in [-0.05, 0) is 12.1 Å². The third-order valence-corrected chi connectivity index (χ3v) is 3.11. The molecule has 2 N–H and O–H groups in total. The number of carbonyl (C=O) groups is 1. The van der Waals surface area contributed by atoms with E-state index in [-0.39, 0.29) is 6.54 Å². The van der Waals surface area contributed by atoms with Crippen molar-refractivity contribution in [2.24, 2.45) is 0 Å². The van der Waals surface area contributed by atoms with Crippen LogP contribution in [0.3, 0.4) is 0 Å². The predicted octanol–water partition coefficient (Wildman–Crippen LogP) is 0.829. The number of hydrogen-bond acceptors (Lipinski definition) is 2. The maximum absolute atomic E-state index is 10.9. The van der Waals surface area contributed by atoms with Crippen LogP contribution in [0.15, 0.2) is 24.3 Å². The molecule has 1 aromatic heterocycles. The van der Waals surface area contributed by atoms with Crippen LogP contribution < -0.4 is 9.88 Å². The van der Waals surface area contributed by atoms with Gasteiger partial charge in [-0.2, -0.15) is 0 Å². The fourth-order valence-electron chi connectivity index (χ4n) is 2.44. The smallest absolute Gasteiger partial charge is 0.358 e. The summed E-state index contributed by atoms with van der Waals surface area (Å²) in [6, 6.07) is 7.91. The number of aromatic nitrogens is 2. The molecule has 17 heavy (non-hydrogen) atoms. The lowest BCUT2D eigenvalue weighted by Gasteiger charge is -2.10. The number of nitrogens with one attached hydrogen (secondary N) is 1. The summed E-state index contributed by atoms with van der Waals surface area (Å²) in [4.78, 5) is 10.9. The molecule has 1 aliphatic rings. The lowest BCUT2D eigenvalue weighted by atomic mass is 10.3. The quantitative estimate of drug-likeness (QED) is 0.754. The average Bonchev–Trinajstić information content (AvgIpc) is 2.65. The van der Waals surface area contributed by atoms with E-state index in [0.717, 1.165) is 36.5 Å². The summed E-state index contributed by atoms with van der Waals surface area (Å²) >= 11 is 0. The Morgan fingerprint density at radius 2 is 2.29 bits per heavy atom. The molecule has 0 saturated heterocycles. The molecular formula is C12H14N3O2+. The maximum atomic E-state index is 10.9. The highest BCUT2D eigenvalue weighted by atomic mass is 16.4. The molecule has 0 spiro atoms. The first kappa shape index (κ1) is 10.1. The van der Waals surface area contributed by atoms with Crippen LogP contribution in [0.2, 0.25) is 0 Å². The largest absolute Gasteiger partial charge is 0.479 e. The van der Waals surface area contributed by atoms with Gasteiger partial charge in [0.05, 0.1) is 13.1 Å². The number of para-hydroxylation sites is 2.